The first kappa shape index (κ1) is 11.5. The summed E-state index contributed by atoms with van der Waals surface area (Å²) >= 11 is 4.67. The Morgan fingerprint density at radius 1 is 1.31 bits per heavy atom. The zero-order chi connectivity index (χ0) is 11.5. The van der Waals surface area contributed by atoms with Gasteiger partial charge in [-0.25, -0.2) is 13.8 Å². The van der Waals surface area contributed by atoms with Gasteiger partial charge in [-0.15, -0.1) is 11.3 Å². The standard InChI is InChI=1S/C10H7BrF2N2S/c11-9-5-16-10(15-9)14-4-6-1-2-7(12)8(13)3-6/h1-3,5H,4H2,(H,14,15). The fourth-order valence-electron chi connectivity index (χ4n) is 1.16. The van der Waals surface area contributed by atoms with Crippen LogP contribution < -0.4 is 5.32 Å². The second kappa shape index (κ2) is 4.88. The van der Waals surface area contributed by atoms with Crippen LogP contribution in [0.5, 0.6) is 0 Å². The summed E-state index contributed by atoms with van der Waals surface area (Å²) in [7, 11) is 0. The molecule has 0 unspecified atom stereocenters. The van der Waals surface area contributed by atoms with E-state index >= 15 is 0 Å². The van der Waals surface area contributed by atoms with Crippen LogP contribution in [0.25, 0.3) is 0 Å². The Labute approximate surface area is 103 Å². The lowest BCUT2D eigenvalue weighted by molar-refractivity contribution is 0.507. The second-order valence-corrected chi connectivity index (χ2v) is 4.75. The van der Waals surface area contributed by atoms with Gasteiger partial charge >= 0.3 is 0 Å². The van der Waals surface area contributed by atoms with Gasteiger partial charge in [-0.2, -0.15) is 0 Å². The molecule has 0 aliphatic rings. The monoisotopic (exact) mass is 304 g/mol. The van der Waals surface area contributed by atoms with E-state index in [1.54, 1.807) is 0 Å². The predicted molar refractivity (Wildman–Crippen MR) is 63.5 cm³/mol. The number of aromatic nitrogens is 1. The van der Waals surface area contributed by atoms with Crippen LogP contribution >= 0.6 is 27.3 Å². The number of nitrogens with one attached hydrogen (secondary N) is 1. The average Bonchev–Trinajstić information content (AvgIpc) is 2.66. The minimum absolute atomic E-state index is 0.414. The molecule has 2 nitrogen and oxygen atoms in total. The van der Waals surface area contributed by atoms with Gasteiger partial charge in [-0.05, 0) is 33.6 Å². The molecule has 1 aromatic heterocycles. The first-order valence-electron chi connectivity index (χ1n) is 4.44. The maximum atomic E-state index is 12.9. The van der Waals surface area contributed by atoms with Crippen molar-refractivity contribution in [1.29, 1.82) is 0 Å². The fourth-order valence-corrected chi connectivity index (χ4v) is 2.31. The molecule has 0 amide bonds. The molecule has 0 fully saturated rings. The largest absolute Gasteiger partial charge is 0.357 e. The second-order valence-electron chi connectivity index (χ2n) is 3.08. The van der Waals surface area contributed by atoms with E-state index in [1.165, 1.54) is 23.5 Å². The minimum Gasteiger partial charge on any atom is -0.357 e. The molecular weight excluding hydrogens is 298 g/mol. The lowest BCUT2D eigenvalue weighted by atomic mass is 10.2. The number of anilines is 1. The lowest BCUT2D eigenvalue weighted by Gasteiger charge is -2.03. The topological polar surface area (TPSA) is 24.9 Å². The molecule has 0 atom stereocenters. The molecule has 0 aliphatic heterocycles. The number of hydrogen-bond donors (Lipinski definition) is 1. The molecule has 2 rings (SSSR count). The van der Waals surface area contributed by atoms with Gasteiger partial charge in [-0.1, -0.05) is 6.07 Å². The van der Waals surface area contributed by atoms with E-state index in [9.17, 15) is 8.78 Å². The predicted octanol–water partition coefficient (Wildman–Crippen LogP) is 3.80. The van der Waals surface area contributed by atoms with Crippen LogP contribution in [0.3, 0.4) is 0 Å². The highest BCUT2D eigenvalue weighted by Crippen LogP contribution is 2.20. The van der Waals surface area contributed by atoms with Gasteiger partial charge in [0.2, 0.25) is 0 Å². The summed E-state index contributed by atoms with van der Waals surface area (Å²) in [5, 5.41) is 5.59. The van der Waals surface area contributed by atoms with Crippen LogP contribution in [-0.4, -0.2) is 4.98 Å². The quantitative estimate of drug-likeness (QED) is 0.933. The molecule has 0 bridgehead atoms. The molecule has 0 saturated carbocycles. The van der Waals surface area contributed by atoms with Crippen molar-refractivity contribution in [1.82, 2.24) is 4.98 Å². The van der Waals surface area contributed by atoms with Crippen LogP contribution in [0.1, 0.15) is 5.56 Å². The molecular formula is C10H7BrF2N2S. The van der Waals surface area contributed by atoms with Crippen molar-refractivity contribution < 1.29 is 8.78 Å². The van der Waals surface area contributed by atoms with Crippen molar-refractivity contribution in [2.75, 3.05) is 5.32 Å². The van der Waals surface area contributed by atoms with E-state index in [4.69, 9.17) is 0 Å². The third-order valence-corrected chi connectivity index (χ3v) is 3.41. The van der Waals surface area contributed by atoms with E-state index in [-0.39, 0.29) is 0 Å². The first-order chi connectivity index (χ1) is 7.65. The summed E-state index contributed by atoms with van der Waals surface area (Å²) in [5.41, 5.74) is 0.672. The van der Waals surface area contributed by atoms with Gasteiger partial charge < -0.3 is 5.32 Å². The molecule has 2 aromatic rings. The van der Waals surface area contributed by atoms with E-state index in [0.29, 0.717) is 12.1 Å². The van der Waals surface area contributed by atoms with E-state index in [0.717, 1.165) is 15.8 Å². The number of benzene rings is 1. The normalized spacial score (nSPS) is 10.4. The van der Waals surface area contributed by atoms with Crippen molar-refractivity contribution in [3.63, 3.8) is 0 Å². The summed E-state index contributed by atoms with van der Waals surface area (Å²) in [4.78, 5) is 4.12. The molecule has 16 heavy (non-hydrogen) atoms. The van der Waals surface area contributed by atoms with Crippen molar-refractivity contribution in [3.05, 3.63) is 45.4 Å². The Morgan fingerprint density at radius 3 is 2.75 bits per heavy atom. The zero-order valence-electron chi connectivity index (χ0n) is 8.01. The summed E-state index contributed by atoms with van der Waals surface area (Å²) in [6.07, 6.45) is 0. The zero-order valence-corrected chi connectivity index (χ0v) is 10.4. The van der Waals surface area contributed by atoms with Gasteiger partial charge in [0.1, 0.15) is 4.60 Å². The molecule has 84 valence electrons. The smallest absolute Gasteiger partial charge is 0.184 e. The lowest BCUT2D eigenvalue weighted by Crippen LogP contribution is -1.99. The van der Waals surface area contributed by atoms with Crippen LogP contribution in [-0.2, 0) is 6.54 Å². The number of rotatable bonds is 3. The van der Waals surface area contributed by atoms with Gasteiger partial charge in [0.05, 0.1) is 0 Å². The molecule has 1 N–H and O–H groups in total. The van der Waals surface area contributed by atoms with Gasteiger partial charge in [0, 0.05) is 11.9 Å². The maximum Gasteiger partial charge on any atom is 0.184 e. The summed E-state index contributed by atoms with van der Waals surface area (Å²) in [6, 6.07) is 3.82. The fraction of sp³-hybridized carbons (Fsp3) is 0.100. The summed E-state index contributed by atoms with van der Waals surface area (Å²) < 4.78 is 26.3. The molecule has 0 spiro atoms. The van der Waals surface area contributed by atoms with Crippen molar-refractivity contribution in [2.45, 2.75) is 6.54 Å². The molecule has 0 aliphatic carbocycles. The Hall–Kier alpha value is -1.01. The van der Waals surface area contributed by atoms with E-state index < -0.39 is 11.6 Å². The molecule has 0 saturated heterocycles. The van der Waals surface area contributed by atoms with Crippen LogP contribution in [0.2, 0.25) is 0 Å². The number of halogens is 3. The highest BCUT2D eigenvalue weighted by atomic mass is 79.9. The van der Waals surface area contributed by atoms with Crippen molar-refractivity contribution >= 4 is 32.4 Å². The maximum absolute atomic E-state index is 12.9. The molecule has 1 heterocycles. The van der Waals surface area contributed by atoms with Crippen molar-refractivity contribution in [2.24, 2.45) is 0 Å². The van der Waals surface area contributed by atoms with Gasteiger partial charge in [0.15, 0.2) is 16.8 Å². The van der Waals surface area contributed by atoms with Crippen LogP contribution in [0, 0.1) is 11.6 Å². The highest BCUT2D eigenvalue weighted by Gasteiger charge is 2.03. The first-order valence-corrected chi connectivity index (χ1v) is 6.11. The Bertz CT molecular complexity index is 501. The number of thiazole rings is 1. The van der Waals surface area contributed by atoms with Gasteiger partial charge in [0.25, 0.3) is 0 Å². The average molecular weight is 305 g/mol. The van der Waals surface area contributed by atoms with Gasteiger partial charge in [-0.3, -0.25) is 0 Å². The summed E-state index contributed by atoms with van der Waals surface area (Å²) in [5.74, 6) is -1.67. The molecule has 6 heteroatoms. The third kappa shape index (κ3) is 2.76. The molecule has 0 radical (unpaired) electrons. The van der Waals surface area contributed by atoms with Crippen LogP contribution in [0.15, 0.2) is 28.2 Å². The Kier molecular flexibility index (Phi) is 3.50. The van der Waals surface area contributed by atoms with Crippen molar-refractivity contribution in [3.8, 4) is 0 Å². The van der Waals surface area contributed by atoms with E-state index in [1.807, 2.05) is 5.38 Å². The Morgan fingerprint density at radius 2 is 2.12 bits per heavy atom. The minimum atomic E-state index is -0.834. The van der Waals surface area contributed by atoms with Crippen LogP contribution in [0.4, 0.5) is 13.9 Å². The Balaban J connectivity index is 2.02. The molecule has 1 aromatic carbocycles. The number of nitrogens with zero attached hydrogens (tertiary/aromatic N) is 1. The third-order valence-electron chi connectivity index (χ3n) is 1.90. The summed E-state index contributed by atoms with van der Waals surface area (Å²) in [6.45, 7) is 0.414. The van der Waals surface area contributed by atoms with E-state index in [2.05, 4.69) is 26.2 Å². The SMILES string of the molecule is Fc1ccc(CNc2nc(Br)cs2)cc1F. The highest BCUT2D eigenvalue weighted by molar-refractivity contribution is 9.10. The number of hydrogen-bond acceptors (Lipinski definition) is 3.